The Balaban J connectivity index is 1.78. The highest BCUT2D eigenvalue weighted by atomic mass is 32.1. The molecule has 0 radical (unpaired) electrons. The SMILES string of the molecule is Cc1nnc(NCC(=O)N2CCCCC2)s1. The van der Waals surface area contributed by atoms with Crippen molar-refractivity contribution in [3.8, 4) is 0 Å². The molecule has 1 aliphatic rings. The molecule has 0 aromatic carbocycles. The first-order valence-corrected chi connectivity index (χ1v) is 6.39. The minimum atomic E-state index is 0.160. The molecule has 1 aromatic heterocycles. The highest BCUT2D eigenvalue weighted by Crippen LogP contribution is 2.14. The molecule has 0 saturated carbocycles. The molecule has 0 aliphatic carbocycles. The normalized spacial score (nSPS) is 16.2. The topological polar surface area (TPSA) is 58.1 Å². The van der Waals surface area contributed by atoms with Crippen LogP contribution in [0.1, 0.15) is 24.3 Å². The molecule has 1 aromatic rings. The van der Waals surface area contributed by atoms with E-state index < -0.39 is 0 Å². The van der Waals surface area contributed by atoms with E-state index in [1.807, 2.05) is 11.8 Å². The molecular formula is C10H16N4OS. The summed E-state index contributed by atoms with van der Waals surface area (Å²) in [7, 11) is 0. The Hall–Kier alpha value is -1.17. The van der Waals surface area contributed by atoms with E-state index in [1.54, 1.807) is 0 Å². The van der Waals surface area contributed by atoms with Crippen molar-refractivity contribution in [2.75, 3.05) is 25.0 Å². The summed E-state index contributed by atoms with van der Waals surface area (Å²) in [5.41, 5.74) is 0. The van der Waals surface area contributed by atoms with Gasteiger partial charge >= 0.3 is 0 Å². The number of aryl methyl sites for hydroxylation is 1. The predicted octanol–water partition coefficient (Wildman–Crippen LogP) is 1.27. The van der Waals surface area contributed by atoms with Crippen LogP contribution in [0.2, 0.25) is 0 Å². The van der Waals surface area contributed by atoms with Crippen molar-refractivity contribution >= 4 is 22.4 Å². The maximum absolute atomic E-state index is 11.8. The Morgan fingerprint density at radius 2 is 2.12 bits per heavy atom. The molecule has 1 amide bonds. The predicted molar refractivity (Wildman–Crippen MR) is 63.6 cm³/mol. The molecular weight excluding hydrogens is 224 g/mol. The molecule has 1 N–H and O–H groups in total. The Morgan fingerprint density at radius 1 is 1.38 bits per heavy atom. The van der Waals surface area contributed by atoms with Crippen molar-refractivity contribution in [3.63, 3.8) is 0 Å². The summed E-state index contributed by atoms with van der Waals surface area (Å²) in [5.74, 6) is 0.160. The van der Waals surface area contributed by atoms with Gasteiger partial charge in [-0.1, -0.05) is 11.3 Å². The van der Waals surface area contributed by atoms with Gasteiger partial charge in [0, 0.05) is 13.1 Å². The van der Waals surface area contributed by atoms with E-state index in [0.717, 1.165) is 36.1 Å². The average Bonchev–Trinajstić information content (AvgIpc) is 2.73. The van der Waals surface area contributed by atoms with Gasteiger partial charge in [-0.05, 0) is 26.2 Å². The van der Waals surface area contributed by atoms with E-state index in [9.17, 15) is 4.79 Å². The van der Waals surface area contributed by atoms with Crippen LogP contribution in [-0.4, -0.2) is 40.6 Å². The lowest BCUT2D eigenvalue weighted by Gasteiger charge is -2.26. The van der Waals surface area contributed by atoms with Gasteiger partial charge in [-0.15, -0.1) is 10.2 Å². The van der Waals surface area contributed by atoms with E-state index in [1.165, 1.54) is 17.8 Å². The van der Waals surface area contributed by atoms with Crippen molar-refractivity contribution in [1.29, 1.82) is 0 Å². The standard InChI is InChI=1S/C10H16N4OS/c1-8-12-13-10(16-8)11-7-9(15)14-5-3-2-4-6-14/h2-7H2,1H3,(H,11,13). The molecule has 0 spiro atoms. The summed E-state index contributed by atoms with van der Waals surface area (Å²) < 4.78 is 0. The van der Waals surface area contributed by atoms with E-state index in [4.69, 9.17) is 0 Å². The van der Waals surface area contributed by atoms with E-state index >= 15 is 0 Å². The number of nitrogens with zero attached hydrogens (tertiary/aromatic N) is 3. The number of carbonyl (C=O) groups is 1. The number of anilines is 1. The van der Waals surface area contributed by atoms with Crippen LogP contribution >= 0.6 is 11.3 Å². The van der Waals surface area contributed by atoms with Gasteiger partial charge in [0.15, 0.2) is 0 Å². The number of nitrogens with one attached hydrogen (secondary N) is 1. The minimum Gasteiger partial charge on any atom is -0.351 e. The minimum absolute atomic E-state index is 0.160. The second-order valence-corrected chi connectivity index (χ2v) is 5.10. The Morgan fingerprint density at radius 3 is 2.75 bits per heavy atom. The highest BCUT2D eigenvalue weighted by molar-refractivity contribution is 7.15. The maximum atomic E-state index is 11.8. The zero-order valence-electron chi connectivity index (χ0n) is 9.40. The number of likely N-dealkylation sites (tertiary alicyclic amines) is 1. The van der Waals surface area contributed by atoms with E-state index in [0.29, 0.717) is 6.54 Å². The number of amides is 1. The molecule has 1 saturated heterocycles. The van der Waals surface area contributed by atoms with Crippen molar-refractivity contribution in [1.82, 2.24) is 15.1 Å². The van der Waals surface area contributed by atoms with Crippen LogP contribution < -0.4 is 5.32 Å². The van der Waals surface area contributed by atoms with Gasteiger partial charge in [0.05, 0.1) is 6.54 Å². The second kappa shape index (κ2) is 5.25. The third kappa shape index (κ3) is 2.91. The van der Waals surface area contributed by atoms with Gasteiger partial charge in [-0.2, -0.15) is 0 Å². The lowest BCUT2D eigenvalue weighted by molar-refractivity contribution is -0.130. The average molecular weight is 240 g/mol. The van der Waals surface area contributed by atoms with Crippen LogP contribution in [0.3, 0.4) is 0 Å². The molecule has 0 atom stereocenters. The van der Waals surface area contributed by atoms with Gasteiger partial charge in [0.1, 0.15) is 5.01 Å². The molecule has 1 fully saturated rings. The summed E-state index contributed by atoms with van der Waals surface area (Å²) in [6, 6.07) is 0. The van der Waals surface area contributed by atoms with Crippen LogP contribution in [-0.2, 0) is 4.79 Å². The van der Waals surface area contributed by atoms with Crippen LogP contribution in [0, 0.1) is 6.92 Å². The third-order valence-corrected chi connectivity index (χ3v) is 3.42. The summed E-state index contributed by atoms with van der Waals surface area (Å²) >= 11 is 1.47. The van der Waals surface area contributed by atoms with Crippen molar-refractivity contribution in [2.24, 2.45) is 0 Å². The van der Waals surface area contributed by atoms with Gasteiger partial charge in [0.2, 0.25) is 11.0 Å². The third-order valence-electron chi connectivity index (χ3n) is 2.63. The molecule has 0 unspecified atom stereocenters. The number of carbonyl (C=O) groups excluding carboxylic acids is 1. The summed E-state index contributed by atoms with van der Waals surface area (Å²) in [6.45, 7) is 4.02. The van der Waals surface area contributed by atoms with E-state index in [-0.39, 0.29) is 5.91 Å². The Bertz CT molecular complexity index is 359. The van der Waals surface area contributed by atoms with Crippen LogP contribution in [0.25, 0.3) is 0 Å². The zero-order valence-corrected chi connectivity index (χ0v) is 10.2. The largest absolute Gasteiger partial charge is 0.351 e. The van der Waals surface area contributed by atoms with Gasteiger partial charge < -0.3 is 10.2 Å². The first-order valence-electron chi connectivity index (χ1n) is 5.57. The quantitative estimate of drug-likeness (QED) is 0.864. The highest BCUT2D eigenvalue weighted by Gasteiger charge is 2.16. The molecule has 0 bridgehead atoms. The smallest absolute Gasteiger partial charge is 0.241 e. The van der Waals surface area contributed by atoms with Crippen molar-refractivity contribution < 1.29 is 4.79 Å². The molecule has 6 heteroatoms. The zero-order chi connectivity index (χ0) is 11.4. The van der Waals surface area contributed by atoms with Gasteiger partial charge in [-0.25, -0.2) is 0 Å². The first-order chi connectivity index (χ1) is 7.75. The molecule has 16 heavy (non-hydrogen) atoms. The van der Waals surface area contributed by atoms with E-state index in [2.05, 4.69) is 15.5 Å². The van der Waals surface area contributed by atoms with Crippen LogP contribution in [0.5, 0.6) is 0 Å². The summed E-state index contributed by atoms with van der Waals surface area (Å²) in [6.07, 6.45) is 3.50. The first kappa shape index (κ1) is 11.3. The molecule has 2 rings (SSSR count). The second-order valence-electron chi connectivity index (χ2n) is 3.92. The summed E-state index contributed by atoms with van der Waals surface area (Å²) in [5, 5.41) is 12.5. The molecule has 88 valence electrons. The number of rotatable bonds is 3. The summed E-state index contributed by atoms with van der Waals surface area (Å²) in [4.78, 5) is 13.7. The fraction of sp³-hybridized carbons (Fsp3) is 0.700. The Kier molecular flexibility index (Phi) is 3.71. The fourth-order valence-corrected chi connectivity index (χ4v) is 2.36. The monoisotopic (exact) mass is 240 g/mol. The lowest BCUT2D eigenvalue weighted by atomic mass is 10.1. The van der Waals surface area contributed by atoms with Crippen molar-refractivity contribution in [2.45, 2.75) is 26.2 Å². The van der Waals surface area contributed by atoms with Crippen LogP contribution in [0.4, 0.5) is 5.13 Å². The molecule has 5 nitrogen and oxygen atoms in total. The van der Waals surface area contributed by atoms with Crippen molar-refractivity contribution in [3.05, 3.63) is 5.01 Å². The number of aromatic nitrogens is 2. The van der Waals surface area contributed by atoms with Gasteiger partial charge in [0.25, 0.3) is 0 Å². The fourth-order valence-electron chi connectivity index (χ4n) is 1.77. The molecule has 2 heterocycles. The number of hydrogen-bond donors (Lipinski definition) is 1. The molecule has 1 aliphatic heterocycles. The number of hydrogen-bond acceptors (Lipinski definition) is 5. The number of piperidine rings is 1. The van der Waals surface area contributed by atoms with Crippen LogP contribution in [0.15, 0.2) is 0 Å². The van der Waals surface area contributed by atoms with Gasteiger partial charge in [-0.3, -0.25) is 4.79 Å². The maximum Gasteiger partial charge on any atom is 0.241 e. The Labute approximate surface area is 98.9 Å². The lowest BCUT2D eigenvalue weighted by Crippen LogP contribution is -2.39.